The summed E-state index contributed by atoms with van der Waals surface area (Å²) in [5, 5.41) is 3.07. The molecule has 0 aliphatic heterocycles. The van der Waals surface area contributed by atoms with Gasteiger partial charge in [0.2, 0.25) is 5.91 Å². The number of benzene rings is 2. The Bertz CT molecular complexity index is 885. The van der Waals surface area contributed by atoms with Gasteiger partial charge < -0.3 is 19.7 Å². The zero-order chi connectivity index (χ0) is 20.7. The number of amides is 2. The van der Waals surface area contributed by atoms with Crippen LogP contribution in [0.3, 0.4) is 0 Å². The van der Waals surface area contributed by atoms with Crippen molar-refractivity contribution in [2.75, 3.05) is 32.6 Å². The van der Waals surface area contributed by atoms with Gasteiger partial charge in [-0.25, -0.2) is 4.79 Å². The molecule has 8 heteroatoms. The lowest BCUT2D eigenvalue weighted by molar-refractivity contribution is -0.136. The molecule has 2 amide bonds. The van der Waals surface area contributed by atoms with Crippen LogP contribution in [0.15, 0.2) is 42.5 Å². The summed E-state index contributed by atoms with van der Waals surface area (Å²) in [6.45, 7) is 1.16. The first-order chi connectivity index (χ1) is 13.3. The minimum absolute atomic E-state index is 0.226. The largest absolute Gasteiger partial charge is 0.495 e. The fourth-order valence-electron chi connectivity index (χ4n) is 2.36. The van der Waals surface area contributed by atoms with E-state index in [9.17, 15) is 14.4 Å². The summed E-state index contributed by atoms with van der Waals surface area (Å²) < 4.78 is 10.2. The third-order valence-electron chi connectivity index (χ3n) is 3.82. The van der Waals surface area contributed by atoms with Gasteiger partial charge in [-0.15, -0.1) is 0 Å². The Morgan fingerprint density at radius 2 is 1.89 bits per heavy atom. The number of carbonyl (C=O) groups excluding carboxylic acids is 3. The first-order valence-electron chi connectivity index (χ1n) is 8.41. The van der Waals surface area contributed by atoms with E-state index in [1.54, 1.807) is 36.4 Å². The average molecular weight is 405 g/mol. The van der Waals surface area contributed by atoms with Gasteiger partial charge in [0.05, 0.1) is 24.9 Å². The van der Waals surface area contributed by atoms with Gasteiger partial charge >= 0.3 is 5.97 Å². The van der Waals surface area contributed by atoms with Crippen molar-refractivity contribution in [1.29, 1.82) is 0 Å². The summed E-state index contributed by atoms with van der Waals surface area (Å²) in [4.78, 5) is 37.5. The Hall–Kier alpha value is -3.06. The predicted octanol–water partition coefficient (Wildman–Crippen LogP) is 2.91. The van der Waals surface area contributed by atoms with E-state index < -0.39 is 24.4 Å². The molecule has 1 N–H and O–H groups in total. The highest BCUT2D eigenvalue weighted by Gasteiger charge is 2.17. The third kappa shape index (κ3) is 5.99. The van der Waals surface area contributed by atoms with Crippen LogP contribution in [0, 0.1) is 6.92 Å². The van der Waals surface area contributed by atoms with E-state index in [0.717, 1.165) is 10.5 Å². The predicted molar refractivity (Wildman–Crippen MR) is 106 cm³/mol. The lowest BCUT2D eigenvalue weighted by Gasteiger charge is -2.17. The summed E-state index contributed by atoms with van der Waals surface area (Å²) >= 11 is 5.92. The van der Waals surface area contributed by atoms with Crippen LogP contribution < -0.4 is 10.1 Å². The van der Waals surface area contributed by atoms with E-state index in [1.165, 1.54) is 14.2 Å². The fourth-order valence-corrected chi connectivity index (χ4v) is 2.54. The summed E-state index contributed by atoms with van der Waals surface area (Å²) in [7, 11) is 2.91. The van der Waals surface area contributed by atoms with Gasteiger partial charge in [-0.05, 0) is 37.3 Å². The quantitative estimate of drug-likeness (QED) is 0.717. The number of esters is 1. The number of nitrogens with zero attached hydrogens (tertiary/aromatic N) is 1. The van der Waals surface area contributed by atoms with Crippen LogP contribution in [0.5, 0.6) is 5.75 Å². The second kappa shape index (κ2) is 9.75. The molecule has 2 aromatic rings. The number of aryl methyl sites for hydroxylation is 1. The van der Waals surface area contributed by atoms with Crippen LogP contribution in [-0.2, 0) is 14.3 Å². The van der Waals surface area contributed by atoms with E-state index in [-0.39, 0.29) is 6.54 Å². The number of rotatable bonds is 7. The molecule has 0 saturated heterocycles. The van der Waals surface area contributed by atoms with Gasteiger partial charge in [-0.1, -0.05) is 29.3 Å². The molecule has 2 aromatic carbocycles. The standard InChI is InChI=1S/C20H21ClN2O5/c1-13-5-4-6-14(9-13)20(26)28-12-19(25)23(2)11-18(24)22-16-10-15(21)7-8-17(16)27-3/h4-10H,11-12H2,1-3H3,(H,22,24). The Labute approximate surface area is 168 Å². The van der Waals surface area contributed by atoms with Gasteiger partial charge in [0.15, 0.2) is 6.61 Å². The van der Waals surface area contributed by atoms with Crippen molar-refractivity contribution in [2.45, 2.75) is 6.92 Å². The van der Waals surface area contributed by atoms with Crippen LogP contribution >= 0.6 is 11.6 Å². The Balaban J connectivity index is 1.87. The molecule has 148 valence electrons. The summed E-state index contributed by atoms with van der Waals surface area (Å²) in [6.07, 6.45) is 0. The lowest BCUT2D eigenvalue weighted by Crippen LogP contribution is -2.37. The number of anilines is 1. The molecular weight excluding hydrogens is 384 g/mol. The van der Waals surface area contributed by atoms with Crippen molar-refractivity contribution in [3.05, 3.63) is 58.6 Å². The number of likely N-dealkylation sites (N-methyl/N-ethyl adjacent to an activating group) is 1. The average Bonchev–Trinajstić information content (AvgIpc) is 2.65. The van der Waals surface area contributed by atoms with Crippen molar-refractivity contribution < 1.29 is 23.9 Å². The van der Waals surface area contributed by atoms with Crippen LogP contribution in [0.4, 0.5) is 5.69 Å². The summed E-state index contributed by atoms with van der Waals surface area (Å²) in [5.41, 5.74) is 1.67. The van der Waals surface area contributed by atoms with Crippen molar-refractivity contribution in [1.82, 2.24) is 4.90 Å². The maximum atomic E-state index is 12.2. The maximum absolute atomic E-state index is 12.2. The van der Waals surface area contributed by atoms with Crippen LogP contribution in [0.25, 0.3) is 0 Å². The number of methoxy groups -OCH3 is 1. The molecule has 28 heavy (non-hydrogen) atoms. The van der Waals surface area contributed by atoms with Gasteiger partial charge in [-0.2, -0.15) is 0 Å². The van der Waals surface area contributed by atoms with Crippen molar-refractivity contribution in [2.24, 2.45) is 0 Å². The van der Waals surface area contributed by atoms with Gasteiger partial charge in [0, 0.05) is 12.1 Å². The van der Waals surface area contributed by atoms with Gasteiger partial charge in [0.25, 0.3) is 5.91 Å². The highest BCUT2D eigenvalue weighted by molar-refractivity contribution is 6.31. The molecule has 0 aliphatic rings. The van der Waals surface area contributed by atoms with Crippen LogP contribution in [0.1, 0.15) is 15.9 Å². The minimum Gasteiger partial charge on any atom is -0.495 e. The molecular formula is C20H21ClN2O5. The molecule has 0 unspecified atom stereocenters. The first kappa shape index (κ1) is 21.2. The fraction of sp³-hybridized carbons (Fsp3) is 0.250. The Kier molecular flexibility index (Phi) is 7.40. The highest BCUT2D eigenvalue weighted by atomic mass is 35.5. The smallest absolute Gasteiger partial charge is 0.338 e. The number of ether oxygens (including phenoxy) is 2. The van der Waals surface area contributed by atoms with Gasteiger partial charge in [0.1, 0.15) is 5.75 Å². The SMILES string of the molecule is COc1ccc(Cl)cc1NC(=O)CN(C)C(=O)COC(=O)c1cccc(C)c1. The Morgan fingerprint density at radius 1 is 1.14 bits per heavy atom. The molecule has 0 spiro atoms. The topological polar surface area (TPSA) is 84.9 Å². The second-order valence-corrected chi connectivity index (χ2v) is 6.52. The molecule has 0 bridgehead atoms. The second-order valence-electron chi connectivity index (χ2n) is 6.09. The number of nitrogens with one attached hydrogen (secondary N) is 1. The Morgan fingerprint density at radius 3 is 2.57 bits per heavy atom. The molecule has 7 nitrogen and oxygen atoms in total. The lowest BCUT2D eigenvalue weighted by atomic mass is 10.1. The molecule has 0 fully saturated rings. The minimum atomic E-state index is -0.599. The molecule has 0 aliphatic carbocycles. The van der Waals surface area contributed by atoms with Crippen molar-refractivity contribution in [3.63, 3.8) is 0 Å². The maximum Gasteiger partial charge on any atom is 0.338 e. The molecule has 0 heterocycles. The number of hydrogen-bond donors (Lipinski definition) is 1. The highest BCUT2D eigenvalue weighted by Crippen LogP contribution is 2.27. The normalized spacial score (nSPS) is 10.1. The van der Waals surface area contributed by atoms with Crippen molar-refractivity contribution in [3.8, 4) is 5.75 Å². The van der Waals surface area contributed by atoms with Crippen molar-refractivity contribution >= 4 is 35.1 Å². The number of hydrogen-bond acceptors (Lipinski definition) is 5. The first-order valence-corrected chi connectivity index (χ1v) is 8.79. The van der Waals surface area contributed by atoms with E-state index in [1.807, 2.05) is 13.0 Å². The van der Waals surface area contributed by atoms with Crippen LogP contribution in [0.2, 0.25) is 5.02 Å². The van der Waals surface area contributed by atoms with Gasteiger partial charge in [-0.3, -0.25) is 9.59 Å². The van der Waals surface area contributed by atoms with E-state index in [4.69, 9.17) is 21.1 Å². The van der Waals surface area contributed by atoms with E-state index >= 15 is 0 Å². The molecule has 0 radical (unpaired) electrons. The van der Waals surface area contributed by atoms with Crippen LogP contribution in [-0.4, -0.2) is 50.0 Å². The zero-order valence-electron chi connectivity index (χ0n) is 15.8. The molecule has 0 aromatic heterocycles. The number of halogens is 1. The molecule has 2 rings (SSSR count). The molecule has 0 saturated carbocycles. The molecule has 0 atom stereocenters. The zero-order valence-corrected chi connectivity index (χ0v) is 16.6. The third-order valence-corrected chi connectivity index (χ3v) is 4.06. The summed E-state index contributed by atoms with van der Waals surface area (Å²) in [6, 6.07) is 11.7. The number of carbonyl (C=O) groups is 3. The monoisotopic (exact) mass is 404 g/mol. The summed E-state index contributed by atoms with van der Waals surface area (Å²) in [5.74, 6) is -1.10. The van der Waals surface area contributed by atoms with E-state index in [0.29, 0.717) is 22.0 Å². The van der Waals surface area contributed by atoms with E-state index in [2.05, 4.69) is 5.32 Å².